The molecule has 0 spiro atoms. The van der Waals surface area contributed by atoms with Crippen molar-refractivity contribution in [1.82, 2.24) is 15.1 Å². The molecule has 1 heterocycles. The van der Waals surface area contributed by atoms with E-state index in [1.165, 1.54) is 19.3 Å². The van der Waals surface area contributed by atoms with E-state index >= 15 is 0 Å². The number of nitrogens with zero attached hydrogens (tertiary/aromatic N) is 2. The number of aryl methyl sites for hydroxylation is 2. The summed E-state index contributed by atoms with van der Waals surface area (Å²) in [7, 11) is 1.77. The first-order valence-corrected chi connectivity index (χ1v) is 8.35. The molecule has 0 aromatic carbocycles. The monoisotopic (exact) mass is 307 g/mol. The van der Waals surface area contributed by atoms with Crippen LogP contribution in [0.4, 0.5) is 0 Å². The fourth-order valence-electron chi connectivity index (χ4n) is 5.46. The number of nitrogens with one attached hydrogen (secondary N) is 1. The first kappa shape index (κ1) is 13.6. The second kappa shape index (κ2) is 4.48. The van der Waals surface area contributed by atoms with Gasteiger partial charge in [0, 0.05) is 12.6 Å². The SMILES string of the molecule is Cc1nn(C)c(Cl)c1C(=O)NC12CC3CC(CC(C3)C1)C2. The lowest BCUT2D eigenvalue weighted by molar-refractivity contribution is -0.0167. The maximum absolute atomic E-state index is 12.7. The molecule has 5 heteroatoms. The Morgan fingerprint density at radius 2 is 1.76 bits per heavy atom. The van der Waals surface area contributed by atoms with E-state index in [9.17, 15) is 4.79 Å². The minimum atomic E-state index is -0.0347. The van der Waals surface area contributed by atoms with Crippen LogP contribution in [0.2, 0.25) is 5.15 Å². The van der Waals surface area contributed by atoms with E-state index in [2.05, 4.69) is 10.4 Å². The van der Waals surface area contributed by atoms with Crippen molar-refractivity contribution in [1.29, 1.82) is 0 Å². The molecule has 0 unspecified atom stereocenters. The number of rotatable bonds is 2. The van der Waals surface area contributed by atoms with Gasteiger partial charge in [-0.2, -0.15) is 5.10 Å². The molecule has 0 aliphatic heterocycles. The van der Waals surface area contributed by atoms with Crippen LogP contribution < -0.4 is 5.32 Å². The number of carbonyl (C=O) groups is 1. The highest BCUT2D eigenvalue weighted by Gasteiger charge is 2.51. The topological polar surface area (TPSA) is 46.9 Å². The third kappa shape index (κ3) is 2.10. The molecule has 4 aliphatic carbocycles. The molecule has 4 bridgehead atoms. The fraction of sp³-hybridized carbons (Fsp3) is 0.750. The predicted molar refractivity (Wildman–Crippen MR) is 81.3 cm³/mol. The zero-order valence-corrected chi connectivity index (χ0v) is 13.4. The van der Waals surface area contributed by atoms with Gasteiger partial charge in [0.2, 0.25) is 0 Å². The molecule has 21 heavy (non-hydrogen) atoms. The highest BCUT2D eigenvalue weighted by atomic mass is 35.5. The summed E-state index contributed by atoms with van der Waals surface area (Å²) in [4.78, 5) is 12.7. The summed E-state index contributed by atoms with van der Waals surface area (Å²) < 4.78 is 1.57. The molecule has 4 aliphatic rings. The minimum Gasteiger partial charge on any atom is -0.346 e. The quantitative estimate of drug-likeness (QED) is 0.912. The van der Waals surface area contributed by atoms with Crippen molar-refractivity contribution in [2.24, 2.45) is 24.8 Å². The van der Waals surface area contributed by atoms with Crippen LogP contribution in [0.3, 0.4) is 0 Å². The molecule has 4 nitrogen and oxygen atoms in total. The van der Waals surface area contributed by atoms with Gasteiger partial charge in [0.25, 0.3) is 5.91 Å². The standard InChI is InChI=1S/C16H22ClN3O/c1-9-13(14(17)20(2)19-9)15(21)18-16-6-10-3-11(7-16)5-12(4-10)8-16/h10-12H,3-8H2,1-2H3,(H,18,21). The van der Waals surface area contributed by atoms with Crippen LogP contribution in [0.5, 0.6) is 0 Å². The zero-order valence-electron chi connectivity index (χ0n) is 12.7. The van der Waals surface area contributed by atoms with Crippen LogP contribution in [-0.4, -0.2) is 21.2 Å². The fourth-order valence-corrected chi connectivity index (χ4v) is 5.72. The number of hydrogen-bond donors (Lipinski definition) is 1. The van der Waals surface area contributed by atoms with Crippen molar-refractivity contribution in [3.8, 4) is 0 Å². The average molecular weight is 308 g/mol. The Hall–Kier alpha value is -1.03. The van der Waals surface area contributed by atoms with Crippen LogP contribution in [-0.2, 0) is 7.05 Å². The average Bonchev–Trinajstić information content (AvgIpc) is 2.60. The number of amides is 1. The maximum atomic E-state index is 12.7. The van der Waals surface area contributed by atoms with Gasteiger partial charge < -0.3 is 5.32 Å². The van der Waals surface area contributed by atoms with Crippen molar-refractivity contribution < 1.29 is 4.79 Å². The van der Waals surface area contributed by atoms with Crippen molar-refractivity contribution in [3.05, 3.63) is 16.4 Å². The van der Waals surface area contributed by atoms with Gasteiger partial charge >= 0.3 is 0 Å². The van der Waals surface area contributed by atoms with Crippen LogP contribution in [0, 0.1) is 24.7 Å². The smallest absolute Gasteiger partial charge is 0.256 e. The third-order valence-electron chi connectivity index (χ3n) is 5.80. The van der Waals surface area contributed by atoms with Crippen LogP contribution in [0.25, 0.3) is 0 Å². The Balaban J connectivity index is 1.60. The Morgan fingerprint density at radius 1 is 1.24 bits per heavy atom. The van der Waals surface area contributed by atoms with Crippen LogP contribution in [0.15, 0.2) is 0 Å². The molecule has 114 valence electrons. The highest BCUT2D eigenvalue weighted by Crippen LogP contribution is 2.55. The number of aromatic nitrogens is 2. The minimum absolute atomic E-state index is 0.0252. The second-order valence-corrected chi connectivity index (χ2v) is 7.88. The maximum Gasteiger partial charge on any atom is 0.256 e. The first-order valence-electron chi connectivity index (χ1n) is 7.97. The van der Waals surface area contributed by atoms with Crippen molar-refractivity contribution in [3.63, 3.8) is 0 Å². The van der Waals surface area contributed by atoms with E-state index in [0.29, 0.717) is 16.4 Å². The first-order chi connectivity index (χ1) is 9.96. The molecule has 0 atom stereocenters. The molecule has 1 amide bonds. The van der Waals surface area contributed by atoms with Gasteiger partial charge in [-0.1, -0.05) is 11.6 Å². The van der Waals surface area contributed by atoms with E-state index in [1.54, 1.807) is 11.7 Å². The lowest BCUT2D eigenvalue weighted by Gasteiger charge is -2.56. The zero-order chi connectivity index (χ0) is 14.8. The molecule has 1 aromatic heterocycles. The van der Waals surface area contributed by atoms with Gasteiger partial charge in [-0.3, -0.25) is 9.48 Å². The summed E-state index contributed by atoms with van der Waals surface area (Å²) in [6.45, 7) is 1.85. The van der Waals surface area contributed by atoms with Crippen molar-refractivity contribution >= 4 is 17.5 Å². The molecule has 5 rings (SSSR count). The third-order valence-corrected chi connectivity index (χ3v) is 6.23. The molecule has 4 fully saturated rings. The lowest BCUT2D eigenvalue weighted by Crippen LogP contribution is -2.59. The Morgan fingerprint density at radius 3 is 2.19 bits per heavy atom. The van der Waals surface area contributed by atoms with Crippen LogP contribution >= 0.6 is 11.6 Å². The van der Waals surface area contributed by atoms with E-state index in [4.69, 9.17) is 11.6 Å². The normalized spacial score (nSPS) is 37.0. The van der Waals surface area contributed by atoms with Crippen molar-refractivity contribution in [2.45, 2.75) is 51.0 Å². The number of hydrogen-bond acceptors (Lipinski definition) is 2. The van der Waals surface area contributed by atoms with Gasteiger partial charge in [-0.15, -0.1) is 0 Å². The van der Waals surface area contributed by atoms with E-state index < -0.39 is 0 Å². The van der Waals surface area contributed by atoms with E-state index in [0.717, 1.165) is 37.0 Å². The van der Waals surface area contributed by atoms with Crippen molar-refractivity contribution in [2.75, 3.05) is 0 Å². The molecule has 0 radical (unpaired) electrons. The number of carbonyl (C=O) groups excluding carboxylic acids is 1. The molecule has 0 saturated heterocycles. The van der Waals surface area contributed by atoms with E-state index in [-0.39, 0.29) is 11.4 Å². The lowest BCUT2D eigenvalue weighted by atomic mass is 9.53. The van der Waals surface area contributed by atoms with Gasteiger partial charge in [0.1, 0.15) is 5.15 Å². The summed E-state index contributed by atoms with van der Waals surface area (Å²) >= 11 is 6.23. The summed E-state index contributed by atoms with van der Waals surface area (Å²) in [5.41, 5.74) is 1.29. The summed E-state index contributed by atoms with van der Waals surface area (Å²) in [5.74, 6) is 2.43. The summed E-state index contributed by atoms with van der Waals surface area (Å²) in [5, 5.41) is 8.05. The Bertz CT molecular complexity index is 572. The van der Waals surface area contributed by atoms with Gasteiger partial charge in [-0.05, 0) is 63.2 Å². The Kier molecular flexibility index (Phi) is 2.91. The number of halogens is 1. The Labute approximate surface area is 130 Å². The molecule has 1 N–H and O–H groups in total. The largest absolute Gasteiger partial charge is 0.346 e. The van der Waals surface area contributed by atoms with E-state index in [1.807, 2.05) is 6.92 Å². The van der Waals surface area contributed by atoms with Gasteiger partial charge in [-0.25, -0.2) is 0 Å². The molecular formula is C16H22ClN3O. The molecule has 1 aromatic rings. The molecule has 4 saturated carbocycles. The second-order valence-electron chi connectivity index (χ2n) is 7.53. The summed E-state index contributed by atoms with van der Waals surface area (Å²) in [6, 6.07) is 0. The van der Waals surface area contributed by atoms with Gasteiger partial charge in [0.05, 0.1) is 11.3 Å². The van der Waals surface area contributed by atoms with Crippen LogP contribution in [0.1, 0.15) is 54.6 Å². The predicted octanol–water partition coefficient (Wildman–Crippen LogP) is 3.08. The summed E-state index contributed by atoms with van der Waals surface area (Å²) in [6.07, 6.45) is 7.59. The van der Waals surface area contributed by atoms with Gasteiger partial charge in [0.15, 0.2) is 0 Å². The highest BCUT2D eigenvalue weighted by molar-refractivity contribution is 6.33. The molecular weight excluding hydrogens is 286 g/mol.